The molecular weight excluding hydrogens is 306 g/mol. The topological polar surface area (TPSA) is 75.4 Å². The summed E-state index contributed by atoms with van der Waals surface area (Å²) in [6.45, 7) is 2.01. The van der Waals surface area contributed by atoms with Gasteiger partial charge in [-0.2, -0.15) is 0 Å². The quantitative estimate of drug-likeness (QED) is 0.934. The van der Waals surface area contributed by atoms with Gasteiger partial charge in [-0.15, -0.1) is 0 Å². The zero-order valence-corrected chi connectivity index (χ0v) is 14.1. The van der Waals surface area contributed by atoms with Crippen LogP contribution < -0.4 is 5.32 Å². The number of hydrogen-bond acceptors (Lipinski definition) is 4. The van der Waals surface area contributed by atoms with E-state index in [1.54, 1.807) is 25.1 Å². The molecule has 1 aromatic heterocycles. The minimum absolute atomic E-state index is 0.00291. The Balaban J connectivity index is 1.57. The summed E-state index contributed by atoms with van der Waals surface area (Å²) >= 11 is 0. The molecule has 0 unspecified atom stereocenters. The first-order valence-electron chi connectivity index (χ1n) is 8.00. The Morgan fingerprint density at radius 3 is 2.50 bits per heavy atom. The molecule has 3 rings (SSSR count). The van der Waals surface area contributed by atoms with Crippen molar-refractivity contribution in [2.75, 3.05) is 14.1 Å². The lowest BCUT2D eigenvalue weighted by Crippen LogP contribution is -2.49. The van der Waals surface area contributed by atoms with E-state index in [0.717, 1.165) is 11.1 Å². The first-order valence-corrected chi connectivity index (χ1v) is 8.00. The Morgan fingerprint density at radius 2 is 1.88 bits per heavy atom. The fourth-order valence-electron chi connectivity index (χ4n) is 2.80. The van der Waals surface area contributed by atoms with Crippen LogP contribution >= 0.6 is 0 Å². The molecule has 0 aliphatic heterocycles. The van der Waals surface area contributed by atoms with E-state index in [2.05, 4.69) is 10.5 Å². The number of benzene rings is 1. The van der Waals surface area contributed by atoms with Crippen molar-refractivity contribution < 1.29 is 14.1 Å². The number of aromatic nitrogens is 1. The molecule has 0 radical (unpaired) electrons. The van der Waals surface area contributed by atoms with Crippen LogP contribution in [0.15, 0.2) is 34.9 Å². The summed E-state index contributed by atoms with van der Waals surface area (Å²) in [6, 6.07) is 9.51. The molecule has 6 nitrogen and oxygen atoms in total. The van der Waals surface area contributed by atoms with Gasteiger partial charge in [0, 0.05) is 37.7 Å². The highest BCUT2D eigenvalue weighted by atomic mass is 16.5. The molecule has 24 heavy (non-hydrogen) atoms. The van der Waals surface area contributed by atoms with Gasteiger partial charge in [0.25, 0.3) is 5.91 Å². The van der Waals surface area contributed by atoms with Crippen LogP contribution in [0.25, 0.3) is 11.3 Å². The van der Waals surface area contributed by atoms with Crippen molar-refractivity contribution in [3.05, 3.63) is 41.7 Å². The van der Waals surface area contributed by atoms with E-state index in [4.69, 9.17) is 4.52 Å². The Morgan fingerprint density at radius 1 is 1.21 bits per heavy atom. The van der Waals surface area contributed by atoms with Gasteiger partial charge in [-0.05, 0) is 19.8 Å². The van der Waals surface area contributed by atoms with Gasteiger partial charge < -0.3 is 14.7 Å². The molecule has 1 N–H and O–H groups in total. The number of hydrogen-bond donors (Lipinski definition) is 1. The smallest absolute Gasteiger partial charge is 0.290 e. The summed E-state index contributed by atoms with van der Waals surface area (Å²) in [4.78, 5) is 25.6. The van der Waals surface area contributed by atoms with Crippen LogP contribution in [0, 0.1) is 12.8 Å². The number of carbonyl (C=O) groups is 2. The van der Waals surface area contributed by atoms with Crippen molar-refractivity contribution in [3.8, 4) is 11.3 Å². The Hall–Kier alpha value is -2.63. The molecule has 2 aromatic rings. The summed E-state index contributed by atoms with van der Waals surface area (Å²) < 4.78 is 5.16. The average molecular weight is 327 g/mol. The van der Waals surface area contributed by atoms with E-state index in [1.807, 2.05) is 31.2 Å². The van der Waals surface area contributed by atoms with Gasteiger partial charge in [0.15, 0.2) is 0 Å². The predicted octanol–water partition coefficient (Wildman–Crippen LogP) is 2.25. The van der Waals surface area contributed by atoms with E-state index >= 15 is 0 Å². The van der Waals surface area contributed by atoms with E-state index in [9.17, 15) is 9.59 Å². The second-order valence-corrected chi connectivity index (χ2v) is 6.51. The maximum Gasteiger partial charge on any atom is 0.290 e. The molecule has 1 heterocycles. The first kappa shape index (κ1) is 16.2. The molecule has 0 saturated heterocycles. The molecule has 1 aliphatic carbocycles. The minimum atomic E-state index is -0.290. The number of aryl methyl sites for hydroxylation is 1. The van der Waals surface area contributed by atoms with E-state index < -0.39 is 0 Å². The van der Waals surface area contributed by atoms with Crippen molar-refractivity contribution in [2.45, 2.75) is 25.8 Å². The molecule has 126 valence electrons. The molecule has 0 atom stereocenters. The van der Waals surface area contributed by atoms with E-state index in [0.29, 0.717) is 18.5 Å². The van der Waals surface area contributed by atoms with Gasteiger partial charge in [0.2, 0.25) is 11.7 Å². The van der Waals surface area contributed by atoms with Crippen LogP contribution in [-0.2, 0) is 4.79 Å². The monoisotopic (exact) mass is 327 g/mol. The van der Waals surface area contributed by atoms with E-state index in [-0.39, 0.29) is 29.5 Å². The first-order chi connectivity index (χ1) is 11.4. The molecule has 1 saturated carbocycles. The van der Waals surface area contributed by atoms with Crippen LogP contribution in [0.2, 0.25) is 0 Å². The SMILES string of the molecule is Cc1ccc(-c2cc(C(=O)NC3CC(C(=O)N(C)C)C3)on2)cc1. The molecule has 1 aliphatic rings. The molecular formula is C18H21N3O3. The minimum Gasteiger partial charge on any atom is -0.350 e. The lowest BCUT2D eigenvalue weighted by molar-refractivity contribution is -0.136. The molecule has 6 heteroatoms. The fraction of sp³-hybridized carbons (Fsp3) is 0.389. The van der Waals surface area contributed by atoms with Crippen LogP contribution in [0.1, 0.15) is 29.0 Å². The van der Waals surface area contributed by atoms with Crippen molar-refractivity contribution in [1.29, 1.82) is 0 Å². The maximum absolute atomic E-state index is 12.2. The average Bonchev–Trinajstić information content (AvgIpc) is 3.00. The number of nitrogens with one attached hydrogen (secondary N) is 1. The van der Waals surface area contributed by atoms with Crippen LogP contribution in [-0.4, -0.2) is 42.0 Å². The third-order valence-corrected chi connectivity index (χ3v) is 4.34. The van der Waals surface area contributed by atoms with Gasteiger partial charge in [0.05, 0.1) is 0 Å². The van der Waals surface area contributed by atoms with Crippen LogP contribution in [0.5, 0.6) is 0 Å². The molecule has 2 amide bonds. The number of carbonyl (C=O) groups excluding carboxylic acids is 2. The second kappa shape index (κ2) is 6.47. The van der Waals surface area contributed by atoms with Gasteiger partial charge >= 0.3 is 0 Å². The normalized spacial score (nSPS) is 19.5. The molecule has 1 aromatic carbocycles. The molecule has 0 spiro atoms. The highest BCUT2D eigenvalue weighted by molar-refractivity contribution is 5.93. The summed E-state index contributed by atoms with van der Waals surface area (Å²) in [5.41, 5.74) is 2.70. The van der Waals surface area contributed by atoms with Crippen molar-refractivity contribution in [3.63, 3.8) is 0 Å². The predicted molar refractivity (Wildman–Crippen MR) is 89.3 cm³/mol. The molecule has 0 bridgehead atoms. The zero-order valence-electron chi connectivity index (χ0n) is 14.1. The Bertz CT molecular complexity index is 743. The highest BCUT2D eigenvalue weighted by Crippen LogP contribution is 2.29. The fourth-order valence-corrected chi connectivity index (χ4v) is 2.80. The van der Waals surface area contributed by atoms with Gasteiger partial charge in [0.1, 0.15) is 5.69 Å². The largest absolute Gasteiger partial charge is 0.350 e. The number of amides is 2. The van der Waals surface area contributed by atoms with Gasteiger partial charge in [-0.25, -0.2) is 0 Å². The lowest BCUT2D eigenvalue weighted by Gasteiger charge is -2.35. The van der Waals surface area contributed by atoms with Crippen molar-refractivity contribution in [2.24, 2.45) is 5.92 Å². The lowest BCUT2D eigenvalue weighted by atomic mass is 9.79. The second-order valence-electron chi connectivity index (χ2n) is 6.51. The van der Waals surface area contributed by atoms with Crippen LogP contribution in [0.4, 0.5) is 0 Å². The maximum atomic E-state index is 12.2. The zero-order chi connectivity index (χ0) is 17.3. The molecule has 1 fully saturated rings. The summed E-state index contributed by atoms with van der Waals surface area (Å²) in [6.07, 6.45) is 1.34. The van der Waals surface area contributed by atoms with Crippen LogP contribution in [0.3, 0.4) is 0 Å². The standard InChI is InChI=1S/C18H21N3O3/c1-11-4-6-12(7-5-11)15-10-16(24-20-15)17(22)19-14-8-13(9-14)18(23)21(2)3/h4-7,10,13-14H,8-9H2,1-3H3,(H,19,22). The number of nitrogens with zero attached hydrogens (tertiary/aromatic N) is 2. The highest BCUT2D eigenvalue weighted by Gasteiger charge is 2.36. The summed E-state index contributed by atoms with van der Waals surface area (Å²) in [7, 11) is 3.49. The third kappa shape index (κ3) is 3.32. The van der Waals surface area contributed by atoms with Gasteiger partial charge in [-0.3, -0.25) is 9.59 Å². The summed E-state index contributed by atoms with van der Waals surface area (Å²) in [5.74, 6) is 0.0135. The summed E-state index contributed by atoms with van der Waals surface area (Å²) in [5, 5.41) is 6.84. The van der Waals surface area contributed by atoms with E-state index in [1.165, 1.54) is 0 Å². The van der Waals surface area contributed by atoms with Crippen molar-refractivity contribution in [1.82, 2.24) is 15.4 Å². The third-order valence-electron chi connectivity index (χ3n) is 4.34. The Labute approximate surface area is 140 Å². The van der Waals surface area contributed by atoms with Gasteiger partial charge in [-0.1, -0.05) is 35.0 Å². The Kier molecular flexibility index (Phi) is 4.38. The van der Waals surface area contributed by atoms with Crippen molar-refractivity contribution >= 4 is 11.8 Å². The number of rotatable bonds is 4.